The fourth-order valence-corrected chi connectivity index (χ4v) is 5.17. The lowest BCUT2D eigenvalue weighted by Gasteiger charge is -2.28. The maximum Gasteiger partial charge on any atom is 0.269 e. The Morgan fingerprint density at radius 1 is 1.07 bits per heavy atom. The highest BCUT2D eigenvalue weighted by Gasteiger charge is 2.36. The van der Waals surface area contributed by atoms with E-state index in [1.165, 1.54) is 19.1 Å². The zero-order chi connectivity index (χ0) is 28.4. The minimum absolute atomic E-state index is 0.0376. The Morgan fingerprint density at radius 3 is 2.55 bits per heavy atom. The molecular weight excluding hydrogens is 510 g/mol. The van der Waals surface area contributed by atoms with Gasteiger partial charge >= 0.3 is 0 Å². The summed E-state index contributed by atoms with van der Waals surface area (Å²) >= 11 is 0. The number of nitrogens with zero attached hydrogens (tertiary/aromatic N) is 3. The van der Waals surface area contributed by atoms with Gasteiger partial charge in [-0.15, -0.1) is 0 Å². The molecule has 2 heterocycles. The normalized spacial score (nSPS) is 16.1. The second-order valence-electron chi connectivity index (χ2n) is 10.0. The molecule has 5 rings (SSSR count). The number of aliphatic imine (C=N–C) groups is 1. The lowest BCUT2D eigenvalue weighted by atomic mass is 9.89. The van der Waals surface area contributed by atoms with Crippen LogP contribution >= 0.6 is 0 Å². The molecule has 1 unspecified atom stereocenters. The summed E-state index contributed by atoms with van der Waals surface area (Å²) < 4.78 is 0. The van der Waals surface area contributed by atoms with Gasteiger partial charge in [-0.2, -0.15) is 0 Å². The van der Waals surface area contributed by atoms with E-state index in [4.69, 9.17) is 4.99 Å². The second kappa shape index (κ2) is 11.1. The molecular formula is C30H29N5O5. The summed E-state index contributed by atoms with van der Waals surface area (Å²) in [5, 5.41) is 17.1. The first-order valence-electron chi connectivity index (χ1n) is 13.1. The van der Waals surface area contributed by atoms with E-state index in [-0.39, 0.29) is 23.4 Å². The first kappa shape index (κ1) is 26.7. The maximum absolute atomic E-state index is 13.3. The number of nitrogens with one attached hydrogen (secondary N) is 2. The van der Waals surface area contributed by atoms with Crippen molar-refractivity contribution in [2.75, 3.05) is 18.4 Å². The molecule has 0 spiro atoms. The first-order valence-corrected chi connectivity index (χ1v) is 13.1. The van der Waals surface area contributed by atoms with E-state index in [0.717, 1.165) is 16.7 Å². The minimum atomic E-state index is -0.843. The minimum Gasteiger partial charge on any atom is -0.356 e. The molecule has 2 aliphatic heterocycles. The lowest BCUT2D eigenvalue weighted by molar-refractivity contribution is -0.384. The topological polar surface area (TPSA) is 134 Å². The summed E-state index contributed by atoms with van der Waals surface area (Å²) in [6.45, 7) is 4.72. The molecule has 0 aliphatic carbocycles. The number of carbonyl (C=O) groups is 3. The molecule has 3 aromatic carbocycles. The third kappa shape index (κ3) is 5.61. The summed E-state index contributed by atoms with van der Waals surface area (Å²) in [6, 6.07) is 17.8. The van der Waals surface area contributed by atoms with Gasteiger partial charge in [0.05, 0.1) is 16.3 Å². The molecule has 0 radical (unpaired) electrons. The van der Waals surface area contributed by atoms with Gasteiger partial charge in [-0.1, -0.05) is 30.3 Å². The quantitative estimate of drug-likeness (QED) is 0.266. The van der Waals surface area contributed by atoms with Crippen LogP contribution < -0.4 is 10.6 Å². The molecule has 10 nitrogen and oxygen atoms in total. The molecule has 2 N–H and O–H groups in total. The van der Waals surface area contributed by atoms with Crippen molar-refractivity contribution >= 4 is 40.5 Å². The Hall–Kier alpha value is -4.86. The van der Waals surface area contributed by atoms with Crippen molar-refractivity contribution < 1.29 is 19.3 Å². The summed E-state index contributed by atoms with van der Waals surface area (Å²) in [6.07, 6.45) is 1.35. The summed E-state index contributed by atoms with van der Waals surface area (Å²) in [7, 11) is 0. The third-order valence-corrected chi connectivity index (χ3v) is 7.28. The standard InChI is InChI=1S/C30H29N5O5/c1-18(36)31-13-11-20-3-5-21(6-4-20)29(28-26-16-25(35(39)40)9-10-27(26)33-30(28)38)32-24-8-7-23-17-34(19(2)37)14-12-22(23)15-24/h3-10,15-16,28H,11-14,17H2,1-2H3,(H,31,36)(H,33,38). The van der Waals surface area contributed by atoms with Crippen LogP contribution in [0.3, 0.4) is 0 Å². The van der Waals surface area contributed by atoms with Crippen molar-refractivity contribution in [2.24, 2.45) is 4.99 Å². The fourth-order valence-electron chi connectivity index (χ4n) is 5.17. The number of non-ortho nitro benzene ring substituents is 1. The van der Waals surface area contributed by atoms with E-state index in [9.17, 15) is 24.5 Å². The second-order valence-corrected chi connectivity index (χ2v) is 10.0. The van der Waals surface area contributed by atoms with Gasteiger partial charge in [-0.05, 0) is 53.3 Å². The highest BCUT2D eigenvalue weighted by Crippen LogP contribution is 2.38. The van der Waals surface area contributed by atoms with Crippen molar-refractivity contribution in [1.82, 2.24) is 10.2 Å². The van der Waals surface area contributed by atoms with Gasteiger partial charge in [0, 0.05) is 56.9 Å². The zero-order valence-corrected chi connectivity index (χ0v) is 22.3. The number of nitro groups is 1. The Labute approximate surface area is 231 Å². The molecule has 0 saturated carbocycles. The molecule has 0 fully saturated rings. The predicted octanol–water partition coefficient (Wildman–Crippen LogP) is 4.03. The van der Waals surface area contributed by atoms with E-state index >= 15 is 0 Å². The van der Waals surface area contributed by atoms with Crippen molar-refractivity contribution in [3.63, 3.8) is 0 Å². The van der Waals surface area contributed by atoms with Gasteiger partial charge in [0.1, 0.15) is 5.92 Å². The van der Waals surface area contributed by atoms with Crippen LogP contribution in [0.15, 0.2) is 65.7 Å². The third-order valence-electron chi connectivity index (χ3n) is 7.28. The number of fused-ring (bicyclic) bond motifs is 2. The van der Waals surface area contributed by atoms with Crippen LogP contribution in [0, 0.1) is 10.1 Å². The molecule has 10 heteroatoms. The SMILES string of the molecule is CC(=O)NCCc1ccc(C(=Nc2ccc3c(c2)CCN(C(C)=O)C3)C2C(=O)Nc3ccc([N+](=O)[O-])cc32)cc1. The van der Waals surface area contributed by atoms with Crippen LogP contribution in [0.1, 0.15) is 47.6 Å². The van der Waals surface area contributed by atoms with Crippen molar-refractivity contribution in [2.45, 2.75) is 39.2 Å². The summed E-state index contributed by atoms with van der Waals surface area (Å²) in [5.41, 5.74) is 5.94. The van der Waals surface area contributed by atoms with E-state index in [1.54, 1.807) is 17.9 Å². The van der Waals surface area contributed by atoms with Gasteiger partial charge in [-0.25, -0.2) is 0 Å². The lowest BCUT2D eigenvalue weighted by Crippen LogP contribution is -2.34. The number of nitro benzene ring substituents is 1. The number of benzene rings is 3. The van der Waals surface area contributed by atoms with Crippen molar-refractivity contribution in [3.05, 3.63) is 98.6 Å². The average molecular weight is 540 g/mol. The number of anilines is 1. The number of hydrogen-bond donors (Lipinski definition) is 2. The Balaban J connectivity index is 1.55. The smallest absolute Gasteiger partial charge is 0.269 e. The van der Waals surface area contributed by atoms with Gasteiger partial charge < -0.3 is 15.5 Å². The molecule has 40 heavy (non-hydrogen) atoms. The molecule has 204 valence electrons. The van der Waals surface area contributed by atoms with Crippen molar-refractivity contribution in [3.8, 4) is 0 Å². The monoisotopic (exact) mass is 539 g/mol. The molecule has 3 aromatic rings. The molecule has 1 atom stereocenters. The van der Waals surface area contributed by atoms with E-state index in [2.05, 4.69) is 10.6 Å². The molecule has 0 saturated heterocycles. The van der Waals surface area contributed by atoms with Gasteiger partial charge in [-0.3, -0.25) is 29.5 Å². The molecule has 0 aromatic heterocycles. The number of carbonyl (C=O) groups excluding carboxylic acids is 3. The van der Waals surface area contributed by atoms with Crippen LogP contribution in [-0.2, 0) is 33.8 Å². The van der Waals surface area contributed by atoms with Crippen LogP contribution in [0.25, 0.3) is 0 Å². The first-order chi connectivity index (χ1) is 19.2. The zero-order valence-electron chi connectivity index (χ0n) is 22.3. The van der Waals surface area contributed by atoms with Crippen LogP contribution in [0.5, 0.6) is 0 Å². The largest absolute Gasteiger partial charge is 0.356 e. The summed E-state index contributed by atoms with van der Waals surface area (Å²) in [5.74, 6) is -1.20. The number of rotatable bonds is 7. The fraction of sp³-hybridized carbons (Fsp3) is 0.267. The van der Waals surface area contributed by atoms with Crippen LogP contribution in [-0.4, -0.2) is 46.3 Å². The predicted molar refractivity (Wildman–Crippen MR) is 151 cm³/mol. The Kier molecular flexibility index (Phi) is 7.41. The molecule has 2 aliphatic rings. The number of hydrogen-bond acceptors (Lipinski definition) is 6. The van der Waals surface area contributed by atoms with E-state index in [1.807, 2.05) is 42.5 Å². The van der Waals surface area contributed by atoms with Gasteiger partial charge in [0.15, 0.2) is 0 Å². The average Bonchev–Trinajstić information content (AvgIpc) is 3.26. The van der Waals surface area contributed by atoms with Crippen molar-refractivity contribution in [1.29, 1.82) is 0 Å². The molecule has 0 bridgehead atoms. The molecule has 3 amide bonds. The van der Waals surface area contributed by atoms with Crippen LogP contribution in [0.2, 0.25) is 0 Å². The highest BCUT2D eigenvalue weighted by atomic mass is 16.6. The van der Waals surface area contributed by atoms with E-state index in [0.29, 0.717) is 60.7 Å². The Morgan fingerprint density at radius 2 is 1.85 bits per heavy atom. The Bertz CT molecular complexity index is 1550. The van der Waals surface area contributed by atoms with E-state index < -0.39 is 10.8 Å². The maximum atomic E-state index is 13.3. The summed E-state index contributed by atoms with van der Waals surface area (Å²) in [4.78, 5) is 54.1. The number of amides is 3. The van der Waals surface area contributed by atoms with Crippen LogP contribution in [0.4, 0.5) is 17.1 Å². The highest BCUT2D eigenvalue weighted by molar-refractivity contribution is 6.24. The van der Waals surface area contributed by atoms with Gasteiger partial charge in [0.2, 0.25) is 17.7 Å². The van der Waals surface area contributed by atoms with Gasteiger partial charge in [0.25, 0.3) is 5.69 Å².